The van der Waals surface area contributed by atoms with Crippen LogP contribution in [0.1, 0.15) is 35.8 Å². The monoisotopic (exact) mass is 413 g/mol. The Labute approximate surface area is 171 Å². The van der Waals surface area contributed by atoms with Crippen molar-refractivity contribution in [2.24, 2.45) is 0 Å². The van der Waals surface area contributed by atoms with Crippen LogP contribution in [0.2, 0.25) is 5.02 Å². The van der Waals surface area contributed by atoms with E-state index < -0.39 is 5.54 Å². The van der Waals surface area contributed by atoms with Gasteiger partial charge in [-0.25, -0.2) is 0 Å². The summed E-state index contributed by atoms with van der Waals surface area (Å²) in [6, 6.07) is 11.5. The number of hydrogen-bond donors (Lipinski definition) is 1. The second kappa shape index (κ2) is 6.36. The van der Waals surface area contributed by atoms with Gasteiger partial charge in [-0.2, -0.15) is 0 Å². The van der Waals surface area contributed by atoms with Crippen LogP contribution in [0.3, 0.4) is 0 Å². The summed E-state index contributed by atoms with van der Waals surface area (Å²) < 4.78 is 2.02. The molecule has 1 saturated carbocycles. The molecule has 5 rings (SSSR count). The fraction of sp³-hybridized carbons (Fsp3) is 0.333. The van der Waals surface area contributed by atoms with Crippen molar-refractivity contribution in [2.45, 2.75) is 44.4 Å². The van der Waals surface area contributed by atoms with Crippen LogP contribution in [-0.4, -0.2) is 32.9 Å². The SMILES string of the molecule is C[C@]1(C(=O)NCc2ccc(Cl)cc2)Cn2c(cc3ccsc32)C(=O)N1C1CC1. The number of fused-ring (bicyclic) bond motifs is 3. The summed E-state index contributed by atoms with van der Waals surface area (Å²) in [4.78, 5) is 29.5. The number of hydrogen-bond acceptors (Lipinski definition) is 3. The van der Waals surface area contributed by atoms with Crippen LogP contribution in [0.4, 0.5) is 0 Å². The summed E-state index contributed by atoms with van der Waals surface area (Å²) in [5.74, 6) is -0.159. The van der Waals surface area contributed by atoms with Gasteiger partial charge in [0.1, 0.15) is 16.1 Å². The smallest absolute Gasteiger partial charge is 0.271 e. The van der Waals surface area contributed by atoms with E-state index in [1.807, 2.05) is 58.2 Å². The number of aromatic nitrogens is 1. The van der Waals surface area contributed by atoms with Crippen molar-refractivity contribution < 1.29 is 9.59 Å². The van der Waals surface area contributed by atoms with E-state index in [0.29, 0.717) is 23.8 Å². The van der Waals surface area contributed by atoms with Crippen molar-refractivity contribution in [2.75, 3.05) is 0 Å². The molecule has 0 radical (unpaired) electrons. The van der Waals surface area contributed by atoms with Crippen LogP contribution in [-0.2, 0) is 17.9 Å². The van der Waals surface area contributed by atoms with Crippen molar-refractivity contribution in [3.8, 4) is 0 Å². The molecule has 2 amide bonds. The number of carbonyl (C=O) groups is 2. The third-order valence-electron chi connectivity index (χ3n) is 5.71. The third kappa shape index (κ3) is 2.74. The zero-order chi connectivity index (χ0) is 19.5. The molecule has 2 aromatic heterocycles. The Bertz CT molecular complexity index is 1080. The van der Waals surface area contributed by atoms with Gasteiger partial charge >= 0.3 is 0 Å². The average molecular weight is 414 g/mol. The lowest BCUT2D eigenvalue weighted by Gasteiger charge is -2.44. The maximum absolute atomic E-state index is 13.3. The lowest BCUT2D eigenvalue weighted by atomic mass is 9.94. The van der Waals surface area contributed by atoms with Gasteiger partial charge in [0.15, 0.2) is 0 Å². The number of rotatable bonds is 4. The Kier molecular flexibility index (Phi) is 4.03. The van der Waals surface area contributed by atoms with Crippen LogP contribution < -0.4 is 5.32 Å². The Balaban J connectivity index is 1.47. The Hall–Kier alpha value is -2.31. The van der Waals surface area contributed by atoms with Gasteiger partial charge < -0.3 is 14.8 Å². The summed E-state index contributed by atoms with van der Waals surface area (Å²) in [7, 11) is 0. The number of halogens is 1. The van der Waals surface area contributed by atoms with Gasteiger partial charge in [-0.15, -0.1) is 11.3 Å². The molecule has 1 atom stereocenters. The van der Waals surface area contributed by atoms with Crippen LogP contribution in [0, 0.1) is 0 Å². The number of carbonyl (C=O) groups excluding carboxylic acids is 2. The van der Waals surface area contributed by atoms with Crippen LogP contribution in [0.25, 0.3) is 10.2 Å². The third-order valence-corrected chi connectivity index (χ3v) is 6.91. The standard InChI is InChI=1S/C21H20ClN3O2S/c1-21(20(27)23-11-13-2-4-15(22)5-3-13)12-24-17(10-14-8-9-28-19(14)24)18(26)25(21)16-6-7-16/h2-5,8-10,16H,6-7,11-12H2,1H3,(H,23,27)/t21-/m1/s1. The average Bonchev–Trinajstić information content (AvgIpc) is 3.28. The molecule has 2 aliphatic rings. The highest BCUT2D eigenvalue weighted by Gasteiger charge is 2.52. The Morgan fingerprint density at radius 2 is 2.04 bits per heavy atom. The summed E-state index contributed by atoms with van der Waals surface area (Å²) in [6.45, 7) is 2.77. The number of thiophene rings is 1. The first kappa shape index (κ1) is 17.8. The van der Waals surface area contributed by atoms with Gasteiger partial charge in [-0.1, -0.05) is 23.7 Å². The fourth-order valence-corrected chi connectivity index (χ4v) is 5.12. The minimum absolute atomic E-state index is 0.0405. The zero-order valence-electron chi connectivity index (χ0n) is 15.4. The van der Waals surface area contributed by atoms with Crippen molar-refractivity contribution in [1.82, 2.24) is 14.8 Å². The van der Waals surface area contributed by atoms with Gasteiger partial charge in [0.25, 0.3) is 5.91 Å². The largest absolute Gasteiger partial charge is 0.350 e. The van der Waals surface area contributed by atoms with Crippen molar-refractivity contribution in [1.29, 1.82) is 0 Å². The van der Waals surface area contributed by atoms with E-state index in [9.17, 15) is 9.59 Å². The normalized spacial score (nSPS) is 21.8. The molecule has 0 unspecified atom stereocenters. The van der Waals surface area contributed by atoms with E-state index in [4.69, 9.17) is 11.6 Å². The molecule has 28 heavy (non-hydrogen) atoms. The van der Waals surface area contributed by atoms with E-state index in [1.165, 1.54) is 0 Å². The van der Waals surface area contributed by atoms with Crippen molar-refractivity contribution >= 4 is 45.0 Å². The quantitative estimate of drug-likeness (QED) is 0.701. The predicted molar refractivity (Wildman–Crippen MR) is 111 cm³/mol. The van der Waals surface area contributed by atoms with Gasteiger partial charge in [-0.05, 0) is 55.0 Å². The summed E-state index contributed by atoms with van der Waals surface area (Å²) >= 11 is 7.55. The first-order chi connectivity index (χ1) is 13.5. The van der Waals surface area contributed by atoms with Gasteiger partial charge in [0.05, 0.1) is 6.54 Å². The molecule has 0 bridgehead atoms. The summed E-state index contributed by atoms with van der Waals surface area (Å²) in [5.41, 5.74) is 0.758. The van der Waals surface area contributed by atoms with Gasteiger partial charge in [0, 0.05) is 23.0 Å². The second-order valence-electron chi connectivity index (χ2n) is 7.79. The number of amides is 2. The van der Waals surface area contributed by atoms with E-state index in [0.717, 1.165) is 28.6 Å². The number of nitrogens with zero attached hydrogens (tertiary/aromatic N) is 2. The topological polar surface area (TPSA) is 54.3 Å². The maximum Gasteiger partial charge on any atom is 0.271 e. The molecule has 1 N–H and O–H groups in total. The summed E-state index contributed by atoms with van der Waals surface area (Å²) in [6.07, 6.45) is 1.92. The lowest BCUT2D eigenvalue weighted by Crippen LogP contribution is -2.64. The van der Waals surface area contributed by atoms with E-state index in [2.05, 4.69) is 5.32 Å². The number of nitrogens with one attached hydrogen (secondary N) is 1. The highest BCUT2D eigenvalue weighted by molar-refractivity contribution is 7.16. The second-order valence-corrected chi connectivity index (χ2v) is 9.12. The molecule has 7 heteroatoms. The van der Waals surface area contributed by atoms with E-state index in [-0.39, 0.29) is 17.9 Å². The Morgan fingerprint density at radius 3 is 2.75 bits per heavy atom. The minimum Gasteiger partial charge on any atom is -0.350 e. The van der Waals surface area contributed by atoms with Crippen molar-refractivity contribution in [3.05, 3.63) is 58.1 Å². The molecular weight excluding hydrogens is 394 g/mol. The van der Waals surface area contributed by atoms with E-state index >= 15 is 0 Å². The van der Waals surface area contributed by atoms with Crippen LogP contribution >= 0.6 is 22.9 Å². The molecule has 3 aromatic rings. The number of benzene rings is 1. The molecule has 0 saturated heterocycles. The van der Waals surface area contributed by atoms with Crippen LogP contribution in [0.5, 0.6) is 0 Å². The van der Waals surface area contributed by atoms with Crippen molar-refractivity contribution in [3.63, 3.8) is 0 Å². The molecule has 1 fully saturated rings. The molecule has 5 nitrogen and oxygen atoms in total. The van der Waals surface area contributed by atoms with Gasteiger partial charge in [-0.3, -0.25) is 9.59 Å². The summed E-state index contributed by atoms with van der Waals surface area (Å²) in [5, 5.41) is 6.79. The lowest BCUT2D eigenvalue weighted by molar-refractivity contribution is -0.133. The fourth-order valence-electron chi connectivity index (χ4n) is 4.10. The Morgan fingerprint density at radius 1 is 1.29 bits per heavy atom. The molecule has 3 heterocycles. The first-order valence-corrected chi connectivity index (χ1v) is 10.7. The molecule has 1 aliphatic heterocycles. The first-order valence-electron chi connectivity index (χ1n) is 9.40. The maximum atomic E-state index is 13.3. The van der Waals surface area contributed by atoms with Gasteiger partial charge in [0.2, 0.25) is 5.91 Å². The predicted octanol–water partition coefficient (Wildman–Crippen LogP) is 4.05. The van der Waals surface area contributed by atoms with Crippen LogP contribution in [0.15, 0.2) is 41.8 Å². The molecular formula is C21H20ClN3O2S. The molecule has 1 aliphatic carbocycles. The molecule has 0 spiro atoms. The molecule has 144 valence electrons. The van der Waals surface area contributed by atoms with E-state index in [1.54, 1.807) is 11.3 Å². The molecule has 1 aromatic carbocycles. The zero-order valence-corrected chi connectivity index (χ0v) is 17.0. The highest BCUT2D eigenvalue weighted by atomic mass is 35.5. The highest BCUT2D eigenvalue weighted by Crippen LogP contribution is 2.40. The minimum atomic E-state index is -0.909.